The number of carbonyl (C=O) groups is 1. The lowest BCUT2D eigenvalue weighted by Gasteiger charge is -2.33. The zero-order valence-electron chi connectivity index (χ0n) is 14.6. The fraction of sp³-hybridized carbons (Fsp3) is 0.550. The second kappa shape index (κ2) is 5.70. The number of benzene rings is 1. The topological polar surface area (TPSA) is 38.3 Å². The van der Waals surface area contributed by atoms with Crippen LogP contribution in [0.15, 0.2) is 30.5 Å². The average Bonchev–Trinajstić information content (AvgIpc) is 2.78. The van der Waals surface area contributed by atoms with Crippen LogP contribution < -0.4 is 5.32 Å². The summed E-state index contributed by atoms with van der Waals surface area (Å²) in [6.07, 6.45) is 7.08. The summed E-state index contributed by atoms with van der Waals surface area (Å²) in [6.45, 7) is 8.82. The third-order valence-electron chi connectivity index (χ3n) is 5.48. The van der Waals surface area contributed by atoms with Crippen LogP contribution in [0.1, 0.15) is 70.4 Å². The molecule has 0 saturated heterocycles. The van der Waals surface area contributed by atoms with Crippen LogP contribution in [0.4, 0.5) is 5.69 Å². The van der Waals surface area contributed by atoms with E-state index < -0.39 is 5.60 Å². The summed E-state index contributed by atoms with van der Waals surface area (Å²) in [5.74, 6) is 0.441. The molecule has 1 amide bonds. The number of fused-ring (bicyclic) bond motifs is 1. The molecular weight excluding hydrogens is 286 g/mol. The van der Waals surface area contributed by atoms with Crippen molar-refractivity contribution in [3.05, 3.63) is 41.7 Å². The number of hydrogen-bond donors (Lipinski definition) is 1. The lowest BCUT2D eigenvalue weighted by atomic mass is 9.86. The van der Waals surface area contributed by atoms with Crippen LogP contribution in [0.25, 0.3) is 0 Å². The molecule has 3 rings (SSSR count). The van der Waals surface area contributed by atoms with Crippen LogP contribution in [-0.4, -0.2) is 11.5 Å². The van der Waals surface area contributed by atoms with Crippen molar-refractivity contribution >= 4 is 11.6 Å². The Morgan fingerprint density at radius 3 is 2.83 bits per heavy atom. The third kappa shape index (κ3) is 2.66. The van der Waals surface area contributed by atoms with Gasteiger partial charge in [-0.3, -0.25) is 4.79 Å². The monoisotopic (exact) mass is 313 g/mol. The van der Waals surface area contributed by atoms with Crippen molar-refractivity contribution in [1.82, 2.24) is 0 Å². The molecule has 0 fully saturated rings. The fourth-order valence-electron chi connectivity index (χ4n) is 4.22. The Morgan fingerprint density at radius 2 is 2.17 bits per heavy atom. The maximum absolute atomic E-state index is 12.9. The average molecular weight is 313 g/mol. The first-order chi connectivity index (χ1) is 10.9. The number of amides is 1. The van der Waals surface area contributed by atoms with E-state index in [1.807, 2.05) is 19.1 Å². The molecule has 1 aromatic carbocycles. The van der Waals surface area contributed by atoms with Gasteiger partial charge in [0.25, 0.3) is 5.91 Å². The number of rotatable bonds is 3. The molecule has 3 nitrogen and oxygen atoms in total. The molecular formula is C20H27NO2. The first-order valence-electron chi connectivity index (χ1n) is 8.67. The highest BCUT2D eigenvalue weighted by Crippen LogP contribution is 2.48. The predicted octanol–water partition coefficient (Wildman–Crippen LogP) is 4.88. The second-order valence-corrected chi connectivity index (χ2v) is 7.59. The Labute approximate surface area is 139 Å². The number of hydrogen-bond acceptors (Lipinski definition) is 2. The van der Waals surface area contributed by atoms with Crippen LogP contribution in [0.2, 0.25) is 0 Å². The lowest BCUT2D eigenvalue weighted by molar-refractivity contribution is -0.136. The fourth-order valence-corrected chi connectivity index (χ4v) is 4.22. The third-order valence-corrected chi connectivity index (χ3v) is 5.48. The van der Waals surface area contributed by atoms with Gasteiger partial charge in [-0.05, 0) is 60.3 Å². The lowest BCUT2D eigenvalue weighted by Crippen LogP contribution is -2.45. The van der Waals surface area contributed by atoms with E-state index in [1.54, 1.807) is 6.26 Å². The van der Waals surface area contributed by atoms with Gasteiger partial charge in [0.05, 0.1) is 6.26 Å². The Balaban J connectivity index is 1.91. The number of carbonyl (C=O) groups excluding carboxylic acids is 1. The minimum atomic E-state index is -0.727. The van der Waals surface area contributed by atoms with E-state index in [-0.39, 0.29) is 11.3 Å². The summed E-state index contributed by atoms with van der Waals surface area (Å²) in [6, 6.07) is 6.27. The number of allylic oxidation sites excluding steroid dienone is 1. The molecule has 3 heteroatoms. The minimum absolute atomic E-state index is 0.0188. The van der Waals surface area contributed by atoms with E-state index >= 15 is 0 Å². The molecule has 0 saturated carbocycles. The van der Waals surface area contributed by atoms with Crippen LogP contribution in [0.3, 0.4) is 0 Å². The van der Waals surface area contributed by atoms with Gasteiger partial charge in [-0.15, -0.1) is 0 Å². The molecule has 2 unspecified atom stereocenters. The molecule has 1 heterocycles. The summed E-state index contributed by atoms with van der Waals surface area (Å²) in [4.78, 5) is 12.9. The standard InChI is InChI=1S/C20H27NO2/c1-5-20(11-6-7-12-23-20)18(22)21-16-10-8-9-15-17(16)14(2)13-19(15,3)4/h7-10,12,14H,5-6,11,13H2,1-4H3,(H,21,22). The van der Waals surface area contributed by atoms with Crippen molar-refractivity contribution in [2.24, 2.45) is 0 Å². The highest BCUT2D eigenvalue weighted by atomic mass is 16.5. The van der Waals surface area contributed by atoms with Gasteiger partial charge in [0, 0.05) is 5.69 Å². The van der Waals surface area contributed by atoms with Gasteiger partial charge < -0.3 is 10.1 Å². The smallest absolute Gasteiger partial charge is 0.268 e. The molecule has 1 N–H and O–H groups in total. The van der Waals surface area contributed by atoms with Crippen molar-refractivity contribution in [1.29, 1.82) is 0 Å². The maximum atomic E-state index is 12.9. The van der Waals surface area contributed by atoms with Gasteiger partial charge >= 0.3 is 0 Å². The number of nitrogens with one attached hydrogen (secondary N) is 1. The van der Waals surface area contributed by atoms with Gasteiger partial charge in [0.2, 0.25) is 0 Å². The SMILES string of the molecule is CCC1(C(=O)Nc2cccc3c2C(C)CC3(C)C)CCC=CO1. The van der Waals surface area contributed by atoms with E-state index in [0.29, 0.717) is 12.3 Å². The van der Waals surface area contributed by atoms with Gasteiger partial charge in [0.15, 0.2) is 5.60 Å². The molecule has 0 spiro atoms. The molecule has 1 aromatic rings. The van der Waals surface area contributed by atoms with Crippen molar-refractivity contribution in [2.75, 3.05) is 5.32 Å². The maximum Gasteiger partial charge on any atom is 0.268 e. The van der Waals surface area contributed by atoms with E-state index in [1.165, 1.54) is 11.1 Å². The highest BCUT2D eigenvalue weighted by Gasteiger charge is 2.41. The zero-order chi connectivity index (χ0) is 16.7. The normalized spacial score (nSPS) is 28.1. The van der Waals surface area contributed by atoms with Gasteiger partial charge in [-0.1, -0.05) is 39.8 Å². The van der Waals surface area contributed by atoms with E-state index in [4.69, 9.17) is 4.74 Å². The molecule has 0 radical (unpaired) electrons. The molecule has 1 aliphatic heterocycles. The zero-order valence-corrected chi connectivity index (χ0v) is 14.6. The van der Waals surface area contributed by atoms with Crippen molar-refractivity contribution in [3.63, 3.8) is 0 Å². The summed E-state index contributed by atoms with van der Waals surface area (Å²) in [7, 11) is 0. The van der Waals surface area contributed by atoms with Gasteiger partial charge in [0.1, 0.15) is 0 Å². The molecule has 23 heavy (non-hydrogen) atoms. The van der Waals surface area contributed by atoms with Gasteiger partial charge in [-0.2, -0.15) is 0 Å². The molecule has 2 aliphatic rings. The minimum Gasteiger partial charge on any atom is -0.485 e. The van der Waals surface area contributed by atoms with E-state index in [2.05, 4.69) is 38.2 Å². The Kier molecular flexibility index (Phi) is 3.99. The van der Waals surface area contributed by atoms with Crippen molar-refractivity contribution in [3.8, 4) is 0 Å². The Morgan fingerprint density at radius 1 is 1.39 bits per heavy atom. The summed E-state index contributed by atoms with van der Waals surface area (Å²) in [5, 5.41) is 3.17. The molecule has 1 aliphatic carbocycles. The first kappa shape index (κ1) is 16.1. The number of anilines is 1. The summed E-state index contributed by atoms with van der Waals surface area (Å²) >= 11 is 0. The summed E-state index contributed by atoms with van der Waals surface area (Å²) < 4.78 is 5.74. The van der Waals surface area contributed by atoms with Crippen LogP contribution in [0.5, 0.6) is 0 Å². The quantitative estimate of drug-likeness (QED) is 0.863. The first-order valence-corrected chi connectivity index (χ1v) is 8.67. The molecule has 2 atom stereocenters. The van der Waals surface area contributed by atoms with E-state index in [9.17, 15) is 4.79 Å². The van der Waals surface area contributed by atoms with Crippen LogP contribution in [-0.2, 0) is 14.9 Å². The molecule has 0 aromatic heterocycles. The molecule has 0 bridgehead atoms. The van der Waals surface area contributed by atoms with E-state index in [0.717, 1.165) is 24.9 Å². The number of ether oxygens (including phenoxy) is 1. The van der Waals surface area contributed by atoms with Crippen molar-refractivity contribution in [2.45, 2.75) is 70.3 Å². The van der Waals surface area contributed by atoms with Crippen LogP contribution >= 0.6 is 0 Å². The van der Waals surface area contributed by atoms with Crippen molar-refractivity contribution < 1.29 is 9.53 Å². The predicted molar refractivity (Wildman–Crippen MR) is 93.6 cm³/mol. The highest BCUT2D eigenvalue weighted by molar-refractivity contribution is 5.98. The van der Waals surface area contributed by atoms with Crippen LogP contribution in [0, 0.1) is 0 Å². The summed E-state index contributed by atoms with van der Waals surface area (Å²) in [5.41, 5.74) is 3.05. The van der Waals surface area contributed by atoms with Gasteiger partial charge in [-0.25, -0.2) is 0 Å². The molecule has 124 valence electrons. The second-order valence-electron chi connectivity index (χ2n) is 7.59. The Hall–Kier alpha value is -1.77. The largest absolute Gasteiger partial charge is 0.485 e. The Bertz CT molecular complexity index is 647.